The third-order valence-electron chi connectivity index (χ3n) is 4.18. The van der Waals surface area contributed by atoms with E-state index in [0.29, 0.717) is 24.4 Å². The van der Waals surface area contributed by atoms with Crippen LogP contribution in [0, 0.1) is 5.92 Å². The molecule has 1 heterocycles. The third-order valence-corrected chi connectivity index (χ3v) is 5.32. The Labute approximate surface area is 115 Å². The highest BCUT2D eigenvalue weighted by Crippen LogP contribution is 2.32. The predicted octanol–water partition coefficient (Wildman–Crippen LogP) is 2.46. The standard InChI is InChI=1S/C14H26N2OS/c1-10(2)8-13-15-9-14(17)16(13)11-4-6-12(18-3)7-5-11/h10-13,15H,4-9H2,1-3H3. The van der Waals surface area contributed by atoms with Gasteiger partial charge in [0.1, 0.15) is 0 Å². The van der Waals surface area contributed by atoms with Crippen LogP contribution in [0.5, 0.6) is 0 Å². The van der Waals surface area contributed by atoms with Crippen molar-refractivity contribution in [2.45, 2.75) is 63.4 Å². The molecule has 3 nitrogen and oxygen atoms in total. The summed E-state index contributed by atoms with van der Waals surface area (Å²) in [5.41, 5.74) is 0. The lowest BCUT2D eigenvalue weighted by atomic mass is 9.93. The van der Waals surface area contributed by atoms with Gasteiger partial charge in [0.15, 0.2) is 0 Å². The topological polar surface area (TPSA) is 32.3 Å². The van der Waals surface area contributed by atoms with Gasteiger partial charge in [0.05, 0.1) is 12.7 Å². The maximum Gasteiger partial charge on any atom is 0.238 e. The minimum Gasteiger partial charge on any atom is -0.323 e. The SMILES string of the molecule is CSC1CCC(N2C(=O)CNC2CC(C)C)CC1. The minimum atomic E-state index is 0.285. The zero-order valence-electron chi connectivity index (χ0n) is 11.8. The predicted molar refractivity (Wildman–Crippen MR) is 77.7 cm³/mol. The maximum atomic E-state index is 12.1. The number of carbonyl (C=O) groups excluding carboxylic acids is 1. The van der Waals surface area contributed by atoms with Crippen molar-refractivity contribution in [1.29, 1.82) is 0 Å². The van der Waals surface area contributed by atoms with Gasteiger partial charge >= 0.3 is 0 Å². The molecule has 0 aromatic heterocycles. The van der Waals surface area contributed by atoms with Gasteiger partial charge in [-0.3, -0.25) is 10.1 Å². The summed E-state index contributed by atoms with van der Waals surface area (Å²) in [5.74, 6) is 0.951. The molecule has 1 atom stereocenters. The smallest absolute Gasteiger partial charge is 0.238 e. The largest absolute Gasteiger partial charge is 0.323 e. The number of nitrogens with zero attached hydrogens (tertiary/aromatic N) is 1. The monoisotopic (exact) mass is 270 g/mol. The van der Waals surface area contributed by atoms with E-state index in [2.05, 4.69) is 30.3 Å². The molecule has 1 amide bonds. The summed E-state index contributed by atoms with van der Waals surface area (Å²) in [7, 11) is 0. The van der Waals surface area contributed by atoms with Crippen LogP contribution in [0.4, 0.5) is 0 Å². The summed E-state index contributed by atoms with van der Waals surface area (Å²) >= 11 is 1.98. The van der Waals surface area contributed by atoms with Gasteiger partial charge in [-0.25, -0.2) is 0 Å². The second-order valence-corrected chi connectivity index (χ2v) is 7.13. The second-order valence-electron chi connectivity index (χ2n) is 5.99. The van der Waals surface area contributed by atoms with Gasteiger partial charge in [-0.2, -0.15) is 11.8 Å². The number of carbonyl (C=O) groups is 1. The molecule has 4 heteroatoms. The molecule has 1 saturated heterocycles. The number of hydrogen-bond donors (Lipinski definition) is 1. The summed E-state index contributed by atoms with van der Waals surface area (Å²) in [6, 6.07) is 0.486. The van der Waals surface area contributed by atoms with Crippen molar-refractivity contribution in [3.05, 3.63) is 0 Å². The Bertz CT molecular complexity index is 288. The van der Waals surface area contributed by atoms with Crippen molar-refractivity contribution in [1.82, 2.24) is 10.2 Å². The first-order chi connectivity index (χ1) is 8.61. The quantitative estimate of drug-likeness (QED) is 0.852. The van der Waals surface area contributed by atoms with Gasteiger partial charge in [-0.15, -0.1) is 0 Å². The molecule has 18 heavy (non-hydrogen) atoms. The van der Waals surface area contributed by atoms with E-state index in [9.17, 15) is 4.79 Å². The van der Waals surface area contributed by atoms with Gasteiger partial charge in [-0.05, 0) is 44.3 Å². The van der Waals surface area contributed by atoms with Gasteiger partial charge in [-0.1, -0.05) is 13.8 Å². The van der Waals surface area contributed by atoms with Crippen LogP contribution < -0.4 is 5.32 Å². The lowest BCUT2D eigenvalue weighted by molar-refractivity contribution is -0.131. The molecule has 2 fully saturated rings. The van der Waals surface area contributed by atoms with Crippen molar-refractivity contribution in [2.24, 2.45) is 5.92 Å². The van der Waals surface area contributed by atoms with Crippen molar-refractivity contribution >= 4 is 17.7 Å². The summed E-state index contributed by atoms with van der Waals surface area (Å²) in [4.78, 5) is 14.2. The summed E-state index contributed by atoms with van der Waals surface area (Å²) < 4.78 is 0. The first-order valence-electron chi connectivity index (χ1n) is 7.19. The Hall–Kier alpha value is -0.220. The summed E-state index contributed by atoms with van der Waals surface area (Å²) in [5, 5.41) is 4.20. The Balaban J connectivity index is 1.95. The van der Waals surface area contributed by atoms with Crippen LogP contribution in [-0.2, 0) is 4.79 Å². The van der Waals surface area contributed by atoms with Crippen LogP contribution in [0.1, 0.15) is 46.0 Å². The van der Waals surface area contributed by atoms with Crippen LogP contribution >= 0.6 is 11.8 Å². The van der Waals surface area contributed by atoms with E-state index in [1.54, 1.807) is 0 Å². The Kier molecular flexibility index (Phi) is 4.96. The van der Waals surface area contributed by atoms with E-state index in [1.165, 1.54) is 25.7 Å². The lowest BCUT2D eigenvalue weighted by Crippen LogP contribution is -2.46. The highest BCUT2D eigenvalue weighted by molar-refractivity contribution is 7.99. The first-order valence-corrected chi connectivity index (χ1v) is 8.48. The molecular formula is C14H26N2OS. The maximum absolute atomic E-state index is 12.1. The fraction of sp³-hybridized carbons (Fsp3) is 0.929. The van der Waals surface area contributed by atoms with Crippen molar-refractivity contribution in [3.63, 3.8) is 0 Å². The average molecular weight is 270 g/mol. The van der Waals surface area contributed by atoms with E-state index in [-0.39, 0.29) is 6.17 Å². The van der Waals surface area contributed by atoms with Crippen LogP contribution in [-0.4, -0.2) is 41.1 Å². The molecule has 0 bridgehead atoms. The van der Waals surface area contributed by atoms with E-state index in [0.717, 1.165) is 11.7 Å². The van der Waals surface area contributed by atoms with Gasteiger partial charge in [0.25, 0.3) is 0 Å². The molecule has 2 aliphatic rings. The summed E-state index contributed by atoms with van der Waals surface area (Å²) in [6.07, 6.45) is 8.48. The number of nitrogens with one attached hydrogen (secondary N) is 1. The minimum absolute atomic E-state index is 0.285. The lowest BCUT2D eigenvalue weighted by Gasteiger charge is -2.37. The molecule has 0 radical (unpaired) electrons. The van der Waals surface area contributed by atoms with Crippen LogP contribution in [0.2, 0.25) is 0 Å². The number of amides is 1. The highest BCUT2D eigenvalue weighted by atomic mass is 32.2. The Morgan fingerprint density at radius 2 is 2.00 bits per heavy atom. The molecule has 1 aliphatic carbocycles. The Morgan fingerprint density at radius 1 is 1.33 bits per heavy atom. The van der Waals surface area contributed by atoms with E-state index < -0.39 is 0 Å². The van der Waals surface area contributed by atoms with Gasteiger partial charge < -0.3 is 4.90 Å². The van der Waals surface area contributed by atoms with Gasteiger partial charge in [0, 0.05) is 11.3 Å². The fourth-order valence-corrected chi connectivity index (χ4v) is 3.97. The second kappa shape index (κ2) is 6.29. The molecule has 1 aliphatic heterocycles. The van der Waals surface area contributed by atoms with E-state index >= 15 is 0 Å². The molecule has 0 aromatic carbocycles. The Morgan fingerprint density at radius 3 is 2.56 bits per heavy atom. The molecular weight excluding hydrogens is 244 g/mol. The first kappa shape index (κ1) is 14.2. The highest BCUT2D eigenvalue weighted by Gasteiger charge is 2.37. The van der Waals surface area contributed by atoms with Crippen molar-refractivity contribution < 1.29 is 4.79 Å². The summed E-state index contributed by atoms with van der Waals surface area (Å²) in [6.45, 7) is 5.00. The van der Waals surface area contributed by atoms with Gasteiger partial charge in [0.2, 0.25) is 5.91 Å². The average Bonchev–Trinajstić information content (AvgIpc) is 2.70. The molecule has 0 aromatic rings. The van der Waals surface area contributed by atoms with E-state index in [4.69, 9.17) is 0 Å². The van der Waals surface area contributed by atoms with Crippen LogP contribution in [0.25, 0.3) is 0 Å². The van der Waals surface area contributed by atoms with Crippen LogP contribution in [0.3, 0.4) is 0 Å². The number of hydrogen-bond acceptors (Lipinski definition) is 3. The molecule has 1 N–H and O–H groups in total. The number of thioether (sulfide) groups is 1. The molecule has 0 spiro atoms. The zero-order chi connectivity index (χ0) is 13.1. The number of rotatable bonds is 4. The van der Waals surface area contributed by atoms with Crippen molar-refractivity contribution in [3.8, 4) is 0 Å². The fourth-order valence-electron chi connectivity index (χ4n) is 3.23. The van der Waals surface area contributed by atoms with Crippen LogP contribution in [0.15, 0.2) is 0 Å². The third kappa shape index (κ3) is 3.21. The molecule has 1 unspecified atom stereocenters. The molecule has 104 valence electrons. The normalized spacial score (nSPS) is 33.4. The zero-order valence-corrected chi connectivity index (χ0v) is 12.6. The molecule has 1 saturated carbocycles. The van der Waals surface area contributed by atoms with E-state index in [1.807, 2.05) is 11.8 Å². The molecule has 2 rings (SSSR count). The van der Waals surface area contributed by atoms with Crippen molar-refractivity contribution in [2.75, 3.05) is 12.8 Å².